The highest BCUT2D eigenvalue weighted by Crippen LogP contribution is 2.43. The molecule has 1 fully saturated rings. The fraction of sp³-hybridized carbons (Fsp3) is 0.625. The van der Waals surface area contributed by atoms with Crippen LogP contribution in [0.1, 0.15) is 83.2 Å². The lowest BCUT2D eigenvalue weighted by molar-refractivity contribution is -0.117. The Kier molecular flexibility index (Phi) is 7.50. The van der Waals surface area contributed by atoms with Crippen molar-refractivity contribution in [1.82, 2.24) is 10.2 Å². The van der Waals surface area contributed by atoms with E-state index in [-0.39, 0.29) is 11.7 Å². The lowest BCUT2D eigenvalue weighted by Crippen LogP contribution is -2.31. The van der Waals surface area contributed by atoms with Gasteiger partial charge in [0.25, 0.3) is 0 Å². The lowest BCUT2D eigenvalue weighted by Gasteiger charge is -2.31. The fourth-order valence-corrected chi connectivity index (χ4v) is 4.76. The summed E-state index contributed by atoms with van der Waals surface area (Å²) >= 11 is 1.67. The van der Waals surface area contributed by atoms with Crippen molar-refractivity contribution in [1.29, 1.82) is 0 Å². The van der Waals surface area contributed by atoms with Crippen LogP contribution in [0.5, 0.6) is 0 Å². The van der Waals surface area contributed by atoms with Gasteiger partial charge in [-0.1, -0.05) is 52.0 Å². The molecule has 1 unspecified atom stereocenters. The zero-order valence-corrected chi connectivity index (χ0v) is 20.1. The van der Waals surface area contributed by atoms with Crippen molar-refractivity contribution < 1.29 is 4.79 Å². The van der Waals surface area contributed by atoms with Crippen LogP contribution in [0.25, 0.3) is 0 Å². The number of hydrogen-bond acceptors (Lipinski definition) is 6. The van der Waals surface area contributed by atoms with E-state index in [1.807, 2.05) is 0 Å². The Morgan fingerprint density at radius 2 is 1.80 bits per heavy atom. The van der Waals surface area contributed by atoms with Crippen LogP contribution in [0.3, 0.4) is 0 Å². The molecular formula is C24H36N4OS. The minimum absolute atomic E-state index is 0.192. The van der Waals surface area contributed by atoms with Gasteiger partial charge in [-0.15, -0.1) is 10.2 Å². The molecule has 0 spiro atoms. The Balaban J connectivity index is 1.94. The fourth-order valence-electron chi connectivity index (χ4n) is 3.83. The molecule has 1 atom stereocenters. The van der Waals surface area contributed by atoms with Crippen molar-refractivity contribution in [2.45, 2.75) is 72.6 Å². The van der Waals surface area contributed by atoms with Crippen LogP contribution >= 0.6 is 11.3 Å². The number of hydrogen-bond donors (Lipinski definition) is 1. The molecule has 1 heterocycles. The van der Waals surface area contributed by atoms with Gasteiger partial charge in [-0.3, -0.25) is 0 Å². The summed E-state index contributed by atoms with van der Waals surface area (Å²) in [7, 11) is 0. The number of ketones is 1. The van der Waals surface area contributed by atoms with E-state index in [1.165, 1.54) is 24.1 Å². The molecule has 1 saturated carbocycles. The smallest absolute Gasteiger partial charge is 0.210 e. The summed E-state index contributed by atoms with van der Waals surface area (Å²) in [6.07, 6.45) is 3.02. The van der Waals surface area contributed by atoms with E-state index in [0.717, 1.165) is 28.9 Å². The minimum atomic E-state index is 0.192. The molecule has 1 aliphatic rings. The van der Waals surface area contributed by atoms with Crippen molar-refractivity contribution >= 4 is 33.6 Å². The quantitative estimate of drug-likeness (QED) is 0.451. The first-order chi connectivity index (χ1) is 14.2. The molecular weight excluding hydrogens is 392 g/mol. The zero-order chi connectivity index (χ0) is 21.8. The van der Waals surface area contributed by atoms with Gasteiger partial charge in [0.05, 0.1) is 11.4 Å². The first-order valence-electron chi connectivity index (χ1n) is 11.2. The highest BCUT2D eigenvalue weighted by molar-refractivity contribution is 7.15. The Hall–Kier alpha value is -1.95. The van der Waals surface area contributed by atoms with E-state index in [1.54, 1.807) is 18.3 Å². The highest BCUT2D eigenvalue weighted by Gasteiger charge is 2.28. The zero-order valence-electron chi connectivity index (χ0n) is 19.2. The maximum Gasteiger partial charge on any atom is 0.210 e. The number of Topliss-reactive ketones (excluding diaryl/α,β-unsaturated/α-hetero) is 1. The maximum atomic E-state index is 11.7. The van der Waals surface area contributed by atoms with E-state index < -0.39 is 0 Å². The molecule has 1 aromatic carbocycles. The van der Waals surface area contributed by atoms with Crippen LogP contribution in [0.4, 0.5) is 16.5 Å². The molecule has 0 bridgehead atoms. The van der Waals surface area contributed by atoms with Gasteiger partial charge in [-0.05, 0) is 55.2 Å². The van der Waals surface area contributed by atoms with Gasteiger partial charge in [0, 0.05) is 25.4 Å². The number of aromatic nitrogens is 2. The Bertz CT molecular complexity index is 847. The molecule has 1 aromatic heterocycles. The largest absolute Gasteiger partial charge is 0.369 e. The highest BCUT2D eigenvalue weighted by atomic mass is 32.1. The third-order valence-electron chi connectivity index (χ3n) is 5.30. The second-order valence-corrected chi connectivity index (χ2v) is 10.6. The van der Waals surface area contributed by atoms with Crippen molar-refractivity contribution in [3.63, 3.8) is 0 Å². The number of nitrogens with one attached hydrogen (secondary N) is 1. The molecule has 1 N–H and O–H groups in total. The van der Waals surface area contributed by atoms with Crippen molar-refractivity contribution in [3.05, 3.63) is 28.8 Å². The minimum Gasteiger partial charge on any atom is -0.369 e. The van der Waals surface area contributed by atoms with Gasteiger partial charge in [-0.2, -0.15) is 0 Å². The van der Waals surface area contributed by atoms with Gasteiger partial charge >= 0.3 is 0 Å². The SMILES string of the molecule is CC(=O)CC(C)c1ccc(N(CC(C)C)CC(C)C)c(Nc2nnc(C3CC3)s2)c1. The van der Waals surface area contributed by atoms with Gasteiger partial charge in [-0.25, -0.2) is 0 Å². The summed E-state index contributed by atoms with van der Waals surface area (Å²) in [5.74, 6) is 2.15. The second-order valence-electron chi connectivity index (χ2n) is 9.62. The third-order valence-corrected chi connectivity index (χ3v) is 6.31. The average molecular weight is 429 g/mol. The summed E-state index contributed by atoms with van der Waals surface area (Å²) < 4.78 is 0. The standard InChI is InChI=1S/C24H36N4OS/c1-15(2)13-28(14-16(3)4)22-10-9-20(17(5)11-18(6)29)12-21(22)25-24-27-26-23(30-24)19-7-8-19/h9-10,12,15-17,19H,7-8,11,13-14H2,1-6H3,(H,25,27). The van der Waals surface area contributed by atoms with Crippen molar-refractivity contribution in [2.24, 2.45) is 11.8 Å². The third kappa shape index (κ3) is 6.27. The van der Waals surface area contributed by atoms with E-state index in [0.29, 0.717) is 24.2 Å². The molecule has 0 aliphatic heterocycles. The number of benzene rings is 1. The number of carbonyl (C=O) groups excluding carboxylic acids is 1. The summed E-state index contributed by atoms with van der Waals surface area (Å²) in [6.45, 7) is 14.8. The predicted molar refractivity (Wildman–Crippen MR) is 127 cm³/mol. The first kappa shape index (κ1) is 22.7. The van der Waals surface area contributed by atoms with Crippen LogP contribution in [0.15, 0.2) is 18.2 Å². The number of rotatable bonds is 11. The summed E-state index contributed by atoms with van der Waals surface area (Å²) in [6, 6.07) is 6.59. The molecule has 0 saturated heterocycles. The predicted octanol–water partition coefficient (Wildman–Crippen LogP) is 6.36. The van der Waals surface area contributed by atoms with Crippen LogP contribution in [-0.4, -0.2) is 29.1 Å². The van der Waals surface area contributed by atoms with Crippen molar-refractivity contribution in [2.75, 3.05) is 23.3 Å². The molecule has 2 aromatic rings. The number of carbonyl (C=O) groups is 1. The monoisotopic (exact) mass is 428 g/mol. The van der Waals surface area contributed by atoms with E-state index in [2.05, 4.69) is 73.2 Å². The lowest BCUT2D eigenvalue weighted by atomic mass is 9.95. The van der Waals surface area contributed by atoms with Gasteiger partial charge in [0.1, 0.15) is 10.8 Å². The molecule has 0 radical (unpaired) electrons. The summed E-state index contributed by atoms with van der Waals surface area (Å²) in [4.78, 5) is 14.1. The van der Waals surface area contributed by atoms with Gasteiger partial charge in [0.15, 0.2) is 0 Å². The summed E-state index contributed by atoms with van der Waals surface area (Å²) in [5.41, 5.74) is 3.43. The Morgan fingerprint density at radius 3 is 2.37 bits per heavy atom. The first-order valence-corrected chi connectivity index (χ1v) is 12.0. The number of anilines is 3. The van der Waals surface area contributed by atoms with Crippen LogP contribution in [-0.2, 0) is 4.79 Å². The number of nitrogens with zero attached hydrogens (tertiary/aromatic N) is 3. The van der Waals surface area contributed by atoms with Crippen LogP contribution in [0, 0.1) is 11.8 Å². The molecule has 164 valence electrons. The maximum absolute atomic E-state index is 11.7. The van der Waals surface area contributed by atoms with Crippen molar-refractivity contribution in [3.8, 4) is 0 Å². The topological polar surface area (TPSA) is 58.1 Å². The van der Waals surface area contributed by atoms with E-state index in [9.17, 15) is 4.79 Å². The van der Waals surface area contributed by atoms with Gasteiger partial charge < -0.3 is 15.0 Å². The molecule has 6 heteroatoms. The molecule has 30 heavy (non-hydrogen) atoms. The molecule has 3 rings (SSSR count). The summed E-state index contributed by atoms with van der Waals surface area (Å²) in [5, 5.41) is 14.4. The molecule has 5 nitrogen and oxygen atoms in total. The van der Waals surface area contributed by atoms with E-state index in [4.69, 9.17) is 0 Å². The second kappa shape index (κ2) is 9.90. The normalized spacial score (nSPS) is 14.9. The molecule has 0 amide bonds. The Labute approximate surface area is 185 Å². The Morgan fingerprint density at radius 1 is 1.13 bits per heavy atom. The van der Waals surface area contributed by atoms with Crippen LogP contribution < -0.4 is 10.2 Å². The van der Waals surface area contributed by atoms with E-state index >= 15 is 0 Å². The van der Waals surface area contributed by atoms with Crippen LogP contribution in [0.2, 0.25) is 0 Å². The van der Waals surface area contributed by atoms with Gasteiger partial charge in [0.2, 0.25) is 5.13 Å². The molecule has 1 aliphatic carbocycles. The average Bonchev–Trinajstić information content (AvgIpc) is 3.39.